The Morgan fingerprint density at radius 1 is 1.13 bits per heavy atom. The molecule has 30 heavy (non-hydrogen) atoms. The lowest BCUT2D eigenvalue weighted by Gasteiger charge is -2.18. The van der Waals surface area contributed by atoms with Gasteiger partial charge in [-0.25, -0.2) is 0 Å². The number of hydrogen-bond acceptors (Lipinski definition) is 4. The molecule has 0 radical (unpaired) electrons. The maximum atomic E-state index is 5.96. The van der Waals surface area contributed by atoms with Crippen molar-refractivity contribution < 1.29 is 9.47 Å². The third-order valence-corrected chi connectivity index (χ3v) is 5.65. The monoisotopic (exact) mass is 425 g/mol. The van der Waals surface area contributed by atoms with E-state index in [1.165, 1.54) is 24.0 Å². The fraction of sp³-hybridized carbons (Fsp3) is 0.462. The number of ether oxygens (including phenoxy) is 2. The van der Waals surface area contributed by atoms with Crippen LogP contribution < -0.4 is 4.74 Å². The molecule has 0 atom stereocenters. The summed E-state index contributed by atoms with van der Waals surface area (Å²) in [6, 6.07) is 10.5. The fourth-order valence-corrected chi connectivity index (χ4v) is 3.57. The SMILES string of the molecule is CCN(C/C=C/C#CC(C)(C)OC)CCCCCOc1cccc(-c2ccsc2)c1. The Bertz CT molecular complexity index is 815. The lowest BCUT2D eigenvalue weighted by molar-refractivity contribution is 0.0742. The predicted octanol–water partition coefficient (Wildman–Crippen LogP) is 6.27. The van der Waals surface area contributed by atoms with Gasteiger partial charge in [0.25, 0.3) is 0 Å². The molecule has 0 spiro atoms. The summed E-state index contributed by atoms with van der Waals surface area (Å²) in [5.41, 5.74) is 2.09. The van der Waals surface area contributed by atoms with Crippen LogP contribution >= 0.6 is 11.3 Å². The maximum absolute atomic E-state index is 5.96. The molecular weight excluding hydrogens is 390 g/mol. The number of thiophene rings is 1. The standard InChI is InChI=1S/C26H35NO2S/c1-5-27(17-9-6-8-16-26(2,3)28-4)18-10-7-11-19-29-25-14-12-13-23(21-25)24-15-20-30-22-24/h6,9,12-15,20-22H,5,7,10-11,17-19H2,1-4H3/b9-6+. The first-order chi connectivity index (χ1) is 14.5. The largest absolute Gasteiger partial charge is 0.494 e. The topological polar surface area (TPSA) is 21.7 Å². The first kappa shape index (κ1) is 24.2. The fourth-order valence-electron chi connectivity index (χ4n) is 2.90. The first-order valence-electron chi connectivity index (χ1n) is 10.7. The molecule has 2 rings (SSSR count). The summed E-state index contributed by atoms with van der Waals surface area (Å²) in [5.74, 6) is 7.13. The van der Waals surface area contributed by atoms with E-state index in [2.05, 4.69) is 64.8 Å². The number of likely N-dealkylation sites (N-methyl/N-ethyl adjacent to an activating group) is 1. The molecule has 0 saturated heterocycles. The molecule has 0 N–H and O–H groups in total. The Labute approximate surface area is 186 Å². The third-order valence-electron chi connectivity index (χ3n) is 4.97. The Morgan fingerprint density at radius 2 is 2.00 bits per heavy atom. The van der Waals surface area contributed by atoms with E-state index in [4.69, 9.17) is 9.47 Å². The summed E-state index contributed by atoms with van der Waals surface area (Å²) < 4.78 is 11.3. The van der Waals surface area contributed by atoms with Gasteiger partial charge in [0.05, 0.1) is 6.61 Å². The van der Waals surface area contributed by atoms with Gasteiger partial charge in [-0.1, -0.05) is 37.0 Å². The molecule has 3 nitrogen and oxygen atoms in total. The molecule has 0 aliphatic heterocycles. The van der Waals surface area contributed by atoms with E-state index in [-0.39, 0.29) is 5.60 Å². The Hall–Kier alpha value is -2.06. The summed E-state index contributed by atoms with van der Waals surface area (Å²) in [4.78, 5) is 2.44. The van der Waals surface area contributed by atoms with Crippen molar-refractivity contribution in [2.75, 3.05) is 33.4 Å². The number of unbranched alkanes of at least 4 members (excludes halogenated alkanes) is 2. The zero-order valence-corrected chi connectivity index (χ0v) is 19.6. The Balaban J connectivity index is 1.62. The van der Waals surface area contributed by atoms with E-state index in [1.54, 1.807) is 18.4 Å². The lowest BCUT2D eigenvalue weighted by Crippen LogP contribution is -2.24. The van der Waals surface area contributed by atoms with Gasteiger partial charge in [0.15, 0.2) is 0 Å². The highest BCUT2D eigenvalue weighted by Crippen LogP contribution is 2.25. The number of nitrogens with zero attached hydrogens (tertiary/aromatic N) is 1. The number of hydrogen-bond donors (Lipinski definition) is 0. The van der Waals surface area contributed by atoms with Crippen molar-refractivity contribution in [2.24, 2.45) is 0 Å². The minimum atomic E-state index is -0.387. The van der Waals surface area contributed by atoms with Crippen molar-refractivity contribution in [3.63, 3.8) is 0 Å². The quantitative estimate of drug-likeness (QED) is 0.295. The summed E-state index contributed by atoms with van der Waals surface area (Å²) in [5, 5.41) is 4.27. The molecule has 1 heterocycles. The molecule has 162 valence electrons. The van der Waals surface area contributed by atoms with Gasteiger partial charge in [0, 0.05) is 13.7 Å². The van der Waals surface area contributed by atoms with E-state index in [1.807, 2.05) is 26.0 Å². The van der Waals surface area contributed by atoms with Gasteiger partial charge in [-0.3, -0.25) is 4.90 Å². The van der Waals surface area contributed by atoms with Crippen LogP contribution in [0.4, 0.5) is 0 Å². The molecule has 4 heteroatoms. The summed E-state index contributed by atoms with van der Waals surface area (Å²) >= 11 is 1.72. The predicted molar refractivity (Wildman–Crippen MR) is 129 cm³/mol. The minimum absolute atomic E-state index is 0.387. The number of allylic oxidation sites excluding steroid dienone is 1. The van der Waals surface area contributed by atoms with Crippen LogP contribution in [0.3, 0.4) is 0 Å². The molecule has 0 aliphatic rings. The van der Waals surface area contributed by atoms with Crippen molar-refractivity contribution in [3.05, 3.63) is 53.2 Å². The van der Waals surface area contributed by atoms with Crippen molar-refractivity contribution in [1.29, 1.82) is 0 Å². The Kier molecular flexibility index (Phi) is 10.7. The summed E-state index contributed by atoms with van der Waals surface area (Å²) in [7, 11) is 1.68. The highest BCUT2D eigenvalue weighted by Gasteiger charge is 2.10. The van der Waals surface area contributed by atoms with Crippen LogP contribution in [0.15, 0.2) is 53.2 Å². The zero-order chi connectivity index (χ0) is 21.7. The number of methoxy groups -OCH3 is 1. The average Bonchev–Trinajstić information content (AvgIpc) is 3.29. The number of benzene rings is 1. The van der Waals surface area contributed by atoms with Crippen LogP contribution in [0, 0.1) is 11.8 Å². The molecule has 0 unspecified atom stereocenters. The van der Waals surface area contributed by atoms with Crippen LogP contribution in [0.25, 0.3) is 11.1 Å². The van der Waals surface area contributed by atoms with E-state index < -0.39 is 0 Å². The second kappa shape index (κ2) is 13.3. The van der Waals surface area contributed by atoms with Crippen molar-refractivity contribution in [3.8, 4) is 28.7 Å². The van der Waals surface area contributed by atoms with Crippen LogP contribution in [0.5, 0.6) is 5.75 Å². The van der Waals surface area contributed by atoms with Gasteiger partial charge in [0.1, 0.15) is 11.4 Å². The van der Waals surface area contributed by atoms with Gasteiger partial charge in [-0.2, -0.15) is 11.3 Å². The highest BCUT2D eigenvalue weighted by molar-refractivity contribution is 7.08. The molecule has 1 aromatic heterocycles. The van der Waals surface area contributed by atoms with Gasteiger partial charge >= 0.3 is 0 Å². The lowest BCUT2D eigenvalue weighted by atomic mass is 10.1. The van der Waals surface area contributed by atoms with Crippen LogP contribution in [-0.4, -0.2) is 43.9 Å². The van der Waals surface area contributed by atoms with Crippen LogP contribution in [-0.2, 0) is 4.74 Å². The van der Waals surface area contributed by atoms with E-state index >= 15 is 0 Å². The van der Waals surface area contributed by atoms with Gasteiger partial charge < -0.3 is 9.47 Å². The molecule has 1 aromatic carbocycles. The summed E-state index contributed by atoms with van der Waals surface area (Å²) in [6.07, 6.45) is 7.50. The van der Waals surface area contributed by atoms with Crippen molar-refractivity contribution in [1.82, 2.24) is 4.90 Å². The molecule has 0 fully saturated rings. The van der Waals surface area contributed by atoms with Gasteiger partial charge in [-0.15, -0.1) is 0 Å². The smallest absolute Gasteiger partial charge is 0.123 e. The normalized spacial score (nSPS) is 11.6. The first-order valence-corrected chi connectivity index (χ1v) is 11.7. The summed E-state index contributed by atoms with van der Waals surface area (Å²) in [6.45, 7) is 10.00. The maximum Gasteiger partial charge on any atom is 0.123 e. The van der Waals surface area contributed by atoms with Gasteiger partial charge in [0.2, 0.25) is 0 Å². The van der Waals surface area contributed by atoms with E-state index in [0.717, 1.165) is 38.4 Å². The second-order valence-electron chi connectivity index (χ2n) is 7.73. The zero-order valence-electron chi connectivity index (χ0n) is 18.8. The van der Waals surface area contributed by atoms with Crippen LogP contribution in [0.2, 0.25) is 0 Å². The minimum Gasteiger partial charge on any atom is -0.494 e. The van der Waals surface area contributed by atoms with E-state index in [9.17, 15) is 0 Å². The van der Waals surface area contributed by atoms with Crippen molar-refractivity contribution >= 4 is 11.3 Å². The second-order valence-corrected chi connectivity index (χ2v) is 8.51. The van der Waals surface area contributed by atoms with Crippen LogP contribution in [0.1, 0.15) is 40.0 Å². The third kappa shape index (κ3) is 9.17. The molecule has 0 saturated carbocycles. The molecule has 0 amide bonds. The average molecular weight is 426 g/mol. The molecular formula is C26H35NO2S. The van der Waals surface area contributed by atoms with E-state index in [0.29, 0.717) is 0 Å². The molecule has 0 aliphatic carbocycles. The van der Waals surface area contributed by atoms with Gasteiger partial charge in [-0.05, 0) is 92.4 Å². The van der Waals surface area contributed by atoms with Crippen molar-refractivity contribution in [2.45, 2.75) is 45.6 Å². The molecule has 0 bridgehead atoms. The highest BCUT2D eigenvalue weighted by atomic mass is 32.1. The Morgan fingerprint density at radius 3 is 2.73 bits per heavy atom. The molecule has 2 aromatic rings. The number of rotatable bonds is 12.